The average Bonchev–Trinajstić information content (AvgIpc) is 3.30. The van der Waals surface area contributed by atoms with Crippen LogP contribution in [0.5, 0.6) is 0 Å². The molecule has 10 unspecified atom stereocenters. The Balaban J connectivity index is 1.70. The molecular weight excluding hydrogens is 584 g/mol. The Morgan fingerprint density at radius 1 is 0.956 bits per heavy atom. The lowest BCUT2D eigenvalue weighted by Gasteiger charge is -2.52. The molecule has 4 rings (SSSR count). The summed E-state index contributed by atoms with van der Waals surface area (Å²) in [4.78, 5) is 25.4. The molecule has 1 aliphatic heterocycles. The zero-order valence-electron chi connectivity index (χ0n) is 26.8. The second-order valence-corrected chi connectivity index (χ2v) is 11.6. The van der Waals surface area contributed by atoms with Crippen LogP contribution in [-0.2, 0) is 60.7 Å². The minimum Gasteiger partial charge on any atom is -0.469 e. The molecule has 11 heteroatoms. The monoisotopic (exact) mass is 630 g/mol. The maximum absolute atomic E-state index is 13.0. The normalized spacial score (nSPS) is 28.3. The summed E-state index contributed by atoms with van der Waals surface area (Å²) in [5.41, 5.74) is 1.80. The lowest BCUT2D eigenvalue weighted by Crippen LogP contribution is -2.70. The van der Waals surface area contributed by atoms with E-state index in [9.17, 15) is 14.7 Å². The van der Waals surface area contributed by atoms with E-state index < -0.39 is 66.4 Å². The van der Waals surface area contributed by atoms with Crippen LogP contribution in [0.25, 0.3) is 0 Å². The number of rotatable bonds is 17. The fraction of sp³-hybridized carbons (Fsp3) is 0.588. The van der Waals surface area contributed by atoms with E-state index in [0.29, 0.717) is 6.61 Å². The highest BCUT2D eigenvalue weighted by Crippen LogP contribution is 2.58. The lowest BCUT2D eigenvalue weighted by atomic mass is 9.64. The summed E-state index contributed by atoms with van der Waals surface area (Å²) in [6.07, 6.45) is -4.83. The van der Waals surface area contributed by atoms with E-state index in [4.69, 9.17) is 37.9 Å². The van der Waals surface area contributed by atoms with Crippen LogP contribution in [0.15, 0.2) is 60.7 Å². The number of aliphatic hydroxyl groups is 1. The van der Waals surface area contributed by atoms with Crippen LogP contribution >= 0.6 is 0 Å². The van der Waals surface area contributed by atoms with Crippen molar-refractivity contribution >= 4 is 11.9 Å². The first-order chi connectivity index (χ1) is 21.7. The van der Waals surface area contributed by atoms with Gasteiger partial charge in [0.15, 0.2) is 18.2 Å². The molecule has 2 fully saturated rings. The molecule has 2 aliphatic rings. The minimum atomic E-state index is -1.70. The van der Waals surface area contributed by atoms with Crippen molar-refractivity contribution in [3.63, 3.8) is 0 Å². The molecule has 0 bridgehead atoms. The quantitative estimate of drug-likeness (QED) is 0.257. The van der Waals surface area contributed by atoms with E-state index in [1.165, 1.54) is 14.0 Å². The molecule has 248 valence electrons. The molecule has 0 aromatic heterocycles. The van der Waals surface area contributed by atoms with Crippen molar-refractivity contribution in [3.05, 3.63) is 71.8 Å². The Bertz CT molecular complexity index is 1210. The van der Waals surface area contributed by atoms with Gasteiger partial charge in [-0.2, -0.15) is 0 Å². The van der Waals surface area contributed by atoms with Crippen molar-refractivity contribution in [3.8, 4) is 0 Å². The second-order valence-electron chi connectivity index (χ2n) is 11.6. The minimum absolute atomic E-state index is 0.00443. The number of benzene rings is 2. The number of hydrogen-bond donors (Lipinski definition) is 1. The first-order valence-corrected chi connectivity index (χ1v) is 15.3. The highest BCUT2D eigenvalue weighted by atomic mass is 16.8. The largest absolute Gasteiger partial charge is 0.469 e. The summed E-state index contributed by atoms with van der Waals surface area (Å²) < 4.78 is 48.1. The molecule has 0 radical (unpaired) electrons. The summed E-state index contributed by atoms with van der Waals surface area (Å²) in [7, 11) is 4.34. The molecule has 0 spiro atoms. The molecule has 10 atom stereocenters. The van der Waals surface area contributed by atoms with Crippen LogP contribution in [0.2, 0.25) is 0 Å². The maximum atomic E-state index is 13.0. The highest BCUT2D eigenvalue weighted by molar-refractivity contribution is 5.76. The molecule has 1 aliphatic carbocycles. The first kappa shape index (κ1) is 35.0. The van der Waals surface area contributed by atoms with E-state index in [0.717, 1.165) is 17.5 Å². The van der Waals surface area contributed by atoms with E-state index in [2.05, 4.69) is 13.8 Å². The van der Waals surface area contributed by atoms with Crippen LogP contribution in [0.1, 0.15) is 38.3 Å². The number of ether oxygens (including phenoxy) is 8. The molecule has 1 N–H and O–H groups in total. The standard InChI is InChI=1S/C34H46O11/c1-7-21(2)29(41-18-23-14-10-8-11-15-23)30(25(39-5)20-38-4)44-33-31(43-22(3)35)26-28(36)27(32(37)40-6)34(26,45-33)42-19-24-16-12-9-13-17-24/h8-17,21,25-31,33,36H,7,18-20H2,1-6H3. The molecule has 1 heterocycles. The Morgan fingerprint density at radius 3 is 2.11 bits per heavy atom. The number of carbonyl (C=O) groups excluding carboxylic acids is 2. The van der Waals surface area contributed by atoms with E-state index >= 15 is 0 Å². The number of carbonyl (C=O) groups is 2. The van der Waals surface area contributed by atoms with Crippen LogP contribution < -0.4 is 0 Å². The van der Waals surface area contributed by atoms with Crippen LogP contribution in [-0.4, -0.2) is 87.6 Å². The van der Waals surface area contributed by atoms with Gasteiger partial charge in [0.05, 0.1) is 45.1 Å². The zero-order valence-corrected chi connectivity index (χ0v) is 26.8. The Hall–Kier alpha value is -2.90. The molecule has 0 amide bonds. The first-order valence-electron chi connectivity index (χ1n) is 15.3. The molecule has 11 nitrogen and oxygen atoms in total. The lowest BCUT2D eigenvalue weighted by molar-refractivity contribution is -0.372. The molecule has 2 aromatic carbocycles. The van der Waals surface area contributed by atoms with E-state index in [-0.39, 0.29) is 19.1 Å². The van der Waals surface area contributed by atoms with Gasteiger partial charge in [0.25, 0.3) is 0 Å². The third-order valence-electron chi connectivity index (χ3n) is 8.70. The van der Waals surface area contributed by atoms with E-state index in [1.54, 1.807) is 14.2 Å². The predicted molar refractivity (Wildman–Crippen MR) is 161 cm³/mol. The Kier molecular flexibility index (Phi) is 12.5. The topological polar surface area (TPSA) is 128 Å². The predicted octanol–water partition coefficient (Wildman–Crippen LogP) is 3.65. The number of methoxy groups -OCH3 is 3. The summed E-state index contributed by atoms with van der Waals surface area (Å²) in [6, 6.07) is 19.1. The van der Waals surface area contributed by atoms with Gasteiger partial charge in [0.2, 0.25) is 0 Å². The number of fused-ring (bicyclic) bond motifs is 1. The Morgan fingerprint density at radius 2 is 1.58 bits per heavy atom. The van der Waals surface area contributed by atoms with Gasteiger partial charge in [0.1, 0.15) is 18.1 Å². The zero-order chi connectivity index (χ0) is 32.6. The summed E-state index contributed by atoms with van der Waals surface area (Å²) in [6.45, 7) is 5.90. The molecule has 1 saturated heterocycles. The van der Waals surface area contributed by atoms with Crippen LogP contribution in [0, 0.1) is 17.8 Å². The van der Waals surface area contributed by atoms with Crippen LogP contribution in [0.3, 0.4) is 0 Å². The summed E-state index contributed by atoms with van der Waals surface area (Å²) in [5, 5.41) is 11.3. The van der Waals surface area contributed by atoms with Crippen molar-refractivity contribution < 1.29 is 52.6 Å². The molecule has 1 saturated carbocycles. The van der Waals surface area contributed by atoms with Gasteiger partial charge < -0.3 is 43.0 Å². The highest BCUT2D eigenvalue weighted by Gasteiger charge is 2.77. The van der Waals surface area contributed by atoms with Gasteiger partial charge in [-0.3, -0.25) is 9.59 Å². The van der Waals surface area contributed by atoms with Gasteiger partial charge in [-0.25, -0.2) is 0 Å². The summed E-state index contributed by atoms with van der Waals surface area (Å²) in [5.74, 6) is -5.19. The third kappa shape index (κ3) is 7.74. The molecular formula is C34H46O11. The van der Waals surface area contributed by atoms with Crippen molar-refractivity contribution in [2.75, 3.05) is 27.9 Å². The van der Waals surface area contributed by atoms with Gasteiger partial charge in [0, 0.05) is 21.1 Å². The van der Waals surface area contributed by atoms with Gasteiger partial charge in [-0.1, -0.05) is 80.9 Å². The fourth-order valence-electron chi connectivity index (χ4n) is 6.19. The fourth-order valence-corrected chi connectivity index (χ4v) is 6.19. The van der Waals surface area contributed by atoms with Crippen LogP contribution in [0.4, 0.5) is 0 Å². The van der Waals surface area contributed by atoms with E-state index in [1.807, 2.05) is 60.7 Å². The van der Waals surface area contributed by atoms with Gasteiger partial charge in [-0.15, -0.1) is 0 Å². The molecule has 2 aromatic rings. The molecule has 45 heavy (non-hydrogen) atoms. The Labute approximate surface area is 265 Å². The number of hydrogen-bond acceptors (Lipinski definition) is 11. The summed E-state index contributed by atoms with van der Waals surface area (Å²) >= 11 is 0. The third-order valence-corrected chi connectivity index (χ3v) is 8.70. The van der Waals surface area contributed by atoms with Gasteiger partial charge in [-0.05, 0) is 17.0 Å². The number of aliphatic hydroxyl groups excluding tert-OH is 1. The maximum Gasteiger partial charge on any atom is 0.316 e. The average molecular weight is 631 g/mol. The van der Waals surface area contributed by atoms with Crippen molar-refractivity contribution in [2.24, 2.45) is 17.8 Å². The SMILES string of the molecule is CCC(C)C(OCc1ccccc1)C(OC1OC2(OCc3ccccc3)C(C(=O)OC)C(O)C2C1OC(C)=O)C(COC)OC. The second kappa shape index (κ2) is 16.1. The van der Waals surface area contributed by atoms with Crippen molar-refractivity contribution in [1.82, 2.24) is 0 Å². The van der Waals surface area contributed by atoms with Gasteiger partial charge >= 0.3 is 11.9 Å². The number of esters is 2. The van der Waals surface area contributed by atoms with Crippen molar-refractivity contribution in [1.29, 1.82) is 0 Å². The van der Waals surface area contributed by atoms with Crippen molar-refractivity contribution in [2.45, 2.75) is 83.0 Å². The smallest absolute Gasteiger partial charge is 0.316 e.